The van der Waals surface area contributed by atoms with Gasteiger partial charge < -0.3 is 9.47 Å². The van der Waals surface area contributed by atoms with Crippen LogP contribution in [0.2, 0.25) is 0 Å². The minimum absolute atomic E-state index is 0.137. The molecule has 0 saturated heterocycles. The van der Waals surface area contributed by atoms with Crippen molar-refractivity contribution in [1.29, 1.82) is 0 Å². The number of ketones is 1. The van der Waals surface area contributed by atoms with Crippen molar-refractivity contribution >= 4 is 17.7 Å². The third-order valence-corrected chi connectivity index (χ3v) is 4.01. The van der Waals surface area contributed by atoms with E-state index in [-0.39, 0.29) is 31.4 Å². The van der Waals surface area contributed by atoms with E-state index in [0.29, 0.717) is 19.3 Å². The average Bonchev–Trinajstić information content (AvgIpc) is 2.76. The van der Waals surface area contributed by atoms with Gasteiger partial charge in [-0.1, -0.05) is 30.3 Å². The van der Waals surface area contributed by atoms with Gasteiger partial charge in [-0.05, 0) is 31.7 Å². The van der Waals surface area contributed by atoms with E-state index in [0.717, 1.165) is 5.56 Å². The molecule has 23 heavy (non-hydrogen) atoms. The lowest BCUT2D eigenvalue weighted by Crippen LogP contribution is -2.29. The lowest BCUT2D eigenvalue weighted by atomic mass is 9.92. The van der Waals surface area contributed by atoms with E-state index in [1.54, 1.807) is 6.92 Å². The van der Waals surface area contributed by atoms with Gasteiger partial charge in [0.25, 0.3) is 0 Å². The molecular weight excluding hydrogens is 296 g/mol. The first kappa shape index (κ1) is 17.2. The van der Waals surface area contributed by atoms with Crippen LogP contribution in [0.3, 0.4) is 0 Å². The Bertz CT molecular complexity index is 552. The van der Waals surface area contributed by atoms with E-state index >= 15 is 0 Å². The van der Waals surface area contributed by atoms with Gasteiger partial charge in [-0.3, -0.25) is 14.4 Å². The summed E-state index contributed by atoms with van der Waals surface area (Å²) in [6.07, 6.45) is 1.66. The van der Waals surface area contributed by atoms with Crippen molar-refractivity contribution in [3.63, 3.8) is 0 Å². The second-order valence-corrected chi connectivity index (χ2v) is 5.69. The molecule has 1 aliphatic rings. The largest absolute Gasteiger partial charge is 0.465 e. The van der Waals surface area contributed by atoms with E-state index in [9.17, 15) is 14.4 Å². The van der Waals surface area contributed by atoms with Gasteiger partial charge in [0, 0.05) is 6.42 Å². The van der Waals surface area contributed by atoms with Crippen molar-refractivity contribution in [3.8, 4) is 0 Å². The normalized spacial score (nSPS) is 21.3. The average molecular weight is 318 g/mol. The Hall–Kier alpha value is -2.17. The first-order valence-electron chi connectivity index (χ1n) is 8.01. The third kappa shape index (κ3) is 4.91. The maximum absolute atomic E-state index is 12.3. The molecule has 2 atom stereocenters. The zero-order valence-electron chi connectivity index (χ0n) is 13.3. The summed E-state index contributed by atoms with van der Waals surface area (Å²) >= 11 is 0. The smallest absolute Gasteiger partial charge is 0.316 e. The fraction of sp³-hybridized carbons (Fsp3) is 0.500. The Morgan fingerprint density at radius 3 is 2.57 bits per heavy atom. The van der Waals surface area contributed by atoms with E-state index in [1.165, 1.54) is 0 Å². The predicted octanol–water partition coefficient (Wildman–Crippen LogP) is 2.67. The highest BCUT2D eigenvalue weighted by Gasteiger charge is 2.36. The van der Waals surface area contributed by atoms with E-state index < -0.39 is 17.8 Å². The van der Waals surface area contributed by atoms with Crippen LogP contribution in [0.15, 0.2) is 30.3 Å². The molecule has 0 aliphatic heterocycles. The standard InChI is InChI=1S/C18H22O5/c1-2-22-18(21)15-11-14(9-6-10-16(15)19)17(20)23-12-13-7-4-3-5-8-13/h3-5,7-8,14-15H,2,6,9-12H2,1H3. The lowest BCUT2D eigenvalue weighted by molar-refractivity contribution is -0.154. The molecule has 0 aromatic heterocycles. The predicted molar refractivity (Wildman–Crippen MR) is 83.3 cm³/mol. The number of carbonyl (C=O) groups excluding carboxylic acids is 3. The van der Waals surface area contributed by atoms with Crippen molar-refractivity contribution in [1.82, 2.24) is 0 Å². The SMILES string of the molecule is CCOC(=O)C1CC(C(=O)OCc2ccccc2)CCCC1=O. The highest BCUT2D eigenvalue weighted by Crippen LogP contribution is 2.27. The number of Topliss-reactive ketones (excluding diaryl/α,β-unsaturated/α-hetero) is 1. The fourth-order valence-corrected chi connectivity index (χ4v) is 2.76. The highest BCUT2D eigenvalue weighted by molar-refractivity contribution is 5.99. The number of rotatable bonds is 5. The number of ether oxygens (including phenoxy) is 2. The molecule has 124 valence electrons. The summed E-state index contributed by atoms with van der Waals surface area (Å²) < 4.78 is 10.3. The third-order valence-electron chi connectivity index (χ3n) is 4.01. The van der Waals surface area contributed by atoms with Crippen molar-refractivity contribution in [2.45, 2.75) is 39.2 Å². The molecule has 0 heterocycles. The van der Waals surface area contributed by atoms with Crippen molar-refractivity contribution < 1.29 is 23.9 Å². The maximum atomic E-state index is 12.3. The van der Waals surface area contributed by atoms with E-state index in [4.69, 9.17) is 9.47 Å². The molecule has 0 spiro atoms. The number of hydrogen-bond acceptors (Lipinski definition) is 5. The Morgan fingerprint density at radius 1 is 1.13 bits per heavy atom. The summed E-state index contributed by atoms with van der Waals surface area (Å²) in [6.45, 7) is 2.13. The summed E-state index contributed by atoms with van der Waals surface area (Å²) in [4.78, 5) is 36.2. The first-order valence-corrected chi connectivity index (χ1v) is 8.01. The van der Waals surface area contributed by atoms with Gasteiger partial charge in [-0.15, -0.1) is 0 Å². The van der Waals surface area contributed by atoms with Gasteiger partial charge >= 0.3 is 11.9 Å². The zero-order valence-corrected chi connectivity index (χ0v) is 13.3. The van der Waals surface area contributed by atoms with Crippen LogP contribution in [0, 0.1) is 11.8 Å². The molecule has 1 aromatic rings. The van der Waals surface area contributed by atoms with Crippen LogP contribution in [0.4, 0.5) is 0 Å². The molecule has 0 amide bonds. The van der Waals surface area contributed by atoms with Gasteiger partial charge in [0.05, 0.1) is 12.5 Å². The minimum Gasteiger partial charge on any atom is -0.465 e. The quantitative estimate of drug-likeness (QED) is 0.474. The van der Waals surface area contributed by atoms with Gasteiger partial charge in [0.1, 0.15) is 18.3 Å². The van der Waals surface area contributed by atoms with Crippen LogP contribution in [-0.2, 0) is 30.5 Å². The molecule has 0 radical (unpaired) electrons. The number of hydrogen-bond donors (Lipinski definition) is 0. The Balaban J connectivity index is 1.95. The molecule has 0 N–H and O–H groups in total. The molecule has 5 heteroatoms. The Labute approximate surface area is 136 Å². The Morgan fingerprint density at radius 2 is 1.87 bits per heavy atom. The number of esters is 2. The monoisotopic (exact) mass is 318 g/mol. The second kappa shape index (κ2) is 8.46. The van der Waals surface area contributed by atoms with Crippen LogP contribution in [-0.4, -0.2) is 24.3 Å². The van der Waals surface area contributed by atoms with Gasteiger partial charge in [0.15, 0.2) is 0 Å². The molecule has 1 fully saturated rings. The maximum Gasteiger partial charge on any atom is 0.316 e. The topological polar surface area (TPSA) is 69.7 Å². The summed E-state index contributed by atoms with van der Waals surface area (Å²) in [5, 5.41) is 0. The Kier molecular flexibility index (Phi) is 6.32. The number of carbonyl (C=O) groups is 3. The van der Waals surface area contributed by atoms with E-state index in [1.807, 2.05) is 30.3 Å². The molecular formula is C18H22O5. The lowest BCUT2D eigenvalue weighted by Gasteiger charge is -2.17. The highest BCUT2D eigenvalue weighted by atomic mass is 16.5. The summed E-state index contributed by atoms with van der Waals surface area (Å²) in [5.41, 5.74) is 0.910. The molecule has 5 nitrogen and oxygen atoms in total. The summed E-state index contributed by atoms with van der Waals surface area (Å²) in [5.74, 6) is -2.29. The van der Waals surface area contributed by atoms with Crippen LogP contribution >= 0.6 is 0 Å². The fourth-order valence-electron chi connectivity index (χ4n) is 2.76. The molecule has 0 bridgehead atoms. The van der Waals surface area contributed by atoms with Crippen LogP contribution in [0.5, 0.6) is 0 Å². The molecule has 2 rings (SSSR count). The van der Waals surface area contributed by atoms with Crippen LogP contribution in [0.25, 0.3) is 0 Å². The van der Waals surface area contributed by atoms with Crippen molar-refractivity contribution in [3.05, 3.63) is 35.9 Å². The molecule has 1 saturated carbocycles. The molecule has 2 unspecified atom stereocenters. The van der Waals surface area contributed by atoms with Crippen LogP contribution < -0.4 is 0 Å². The van der Waals surface area contributed by atoms with Gasteiger partial charge in [0.2, 0.25) is 0 Å². The van der Waals surface area contributed by atoms with Crippen LogP contribution in [0.1, 0.15) is 38.2 Å². The van der Waals surface area contributed by atoms with Crippen molar-refractivity contribution in [2.75, 3.05) is 6.61 Å². The summed E-state index contributed by atoms with van der Waals surface area (Å²) in [7, 11) is 0. The van der Waals surface area contributed by atoms with E-state index in [2.05, 4.69) is 0 Å². The minimum atomic E-state index is -0.841. The van der Waals surface area contributed by atoms with Gasteiger partial charge in [-0.25, -0.2) is 0 Å². The van der Waals surface area contributed by atoms with Gasteiger partial charge in [-0.2, -0.15) is 0 Å². The zero-order chi connectivity index (χ0) is 16.7. The molecule has 1 aliphatic carbocycles. The second-order valence-electron chi connectivity index (χ2n) is 5.69. The first-order chi connectivity index (χ1) is 11.1. The number of benzene rings is 1. The van der Waals surface area contributed by atoms with Crippen molar-refractivity contribution in [2.24, 2.45) is 11.8 Å². The molecule has 1 aromatic carbocycles. The summed E-state index contributed by atoms with van der Waals surface area (Å²) in [6, 6.07) is 9.41.